The molecule has 0 atom stereocenters. The van der Waals surface area contributed by atoms with Crippen LogP contribution in [0.15, 0.2) is 58.3 Å². The zero-order chi connectivity index (χ0) is 13.6. The summed E-state index contributed by atoms with van der Waals surface area (Å²) >= 11 is 1.87. The average Bonchev–Trinajstić information content (AvgIpc) is 2.50. The first kappa shape index (κ1) is 12.2. The molecule has 0 aromatic heterocycles. The monoisotopic (exact) mass is 280 g/mol. The van der Waals surface area contributed by atoms with Gasteiger partial charge in [0.15, 0.2) is 0 Å². The van der Waals surface area contributed by atoms with Crippen LogP contribution in [0, 0.1) is 0 Å². The molecule has 0 saturated heterocycles. The average molecular weight is 280 g/mol. The standard InChI is InChI=1S/C18H16OS/c19-13-9-11-18(12-10-13)14-5-1-3-7-16(14)20-17-8-4-2-6-15(17)18/h1-8H,9-12H2. The lowest BCUT2D eigenvalue weighted by molar-refractivity contribution is -0.121. The first-order valence-corrected chi connectivity index (χ1v) is 8.00. The zero-order valence-corrected chi connectivity index (χ0v) is 12.1. The summed E-state index contributed by atoms with van der Waals surface area (Å²) in [6.45, 7) is 0. The van der Waals surface area contributed by atoms with Crippen LogP contribution in [-0.2, 0) is 10.2 Å². The Balaban J connectivity index is 1.95. The predicted octanol–water partition coefficient (Wildman–Crippen LogP) is 4.58. The van der Waals surface area contributed by atoms with E-state index >= 15 is 0 Å². The smallest absolute Gasteiger partial charge is 0.133 e. The third-order valence-electron chi connectivity index (χ3n) is 4.69. The second-order valence-electron chi connectivity index (χ2n) is 5.72. The van der Waals surface area contributed by atoms with Gasteiger partial charge in [-0.1, -0.05) is 48.2 Å². The molecular weight excluding hydrogens is 264 g/mol. The highest BCUT2D eigenvalue weighted by Crippen LogP contribution is 2.54. The highest BCUT2D eigenvalue weighted by Gasteiger charge is 2.42. The maximum atomic E-state index is 11.7. The van der Waals surface area contributed by atoms with Crippen LogP contribution in [0.25, 0.3) is 0 Å². The maximum absolute atomic E-state index is 11.7. The Bertz CT molecular complexity index is 632. The van der Waals surface area contributed by atoms with Crippen LogP contribution >= 0.6 is 11.8 Å². The van der Waals surface area contributed by atoms with E-state index < -0.39 is 0 Å². The first-order chi connectivity index (χ1) is 9.79. The minimum atomic E-state index is 0.0619. The largest absolute Gasteiger partial charge is 0.300 e. The van der Waals surface area contributed by atoms with E-state index in [0.717, 1.165) is 12.8 Å². The summed E-state index contributed by atoms with van der Waals surface area (Å²) in [6, 6.07) is 17.4. The molecule has 4 rings (SSSR count). The molecule has 0 radical (unpaired) electrons. The van der Waals surface area contributed by atoms with Gasteiger partial charge in [0.05, 0.1) is 0 Å². The lowest BCUT2D eigenvalue weighted by Crippen LogP contribution is -2.35. The molecule has 20 heavy (non-hydrogen) atoms. The van der Waals surface area contributed by atoms with E-state index in [9.17, 15) is 4.79 Å². The molecule has 2 aliphatic rings. The van der Waals surface area contributed by atoms with E-state index in [2.05, 4.69) is 48.5 Å². The fourth-order valence-electron chi connectivity index (χ4n) is 3.66. The molecular formula is C18H16OS. The molecule has 0 N–H and O–H groups in total. The van der Waals surface area contributed by atoms with Crippen molar-refractivity contribution in [3.05, 3.63) is 59.7 Å². The minimum Gasteiger partial charge on any atom is -0.300 e. The molecule has 0 bridgehead atoms. The Kier molecular flexibility index (Phi) is 2.74. The van der Waals surface area contributed by atoms with Gasteiger partial charge in [-0.3, -0.25) is 4.79 Å². The van der Waals surface area contributed by atoms with Crippen LogP contribution in [0.5, 0.6) is 0 Å². The Morgan fingerprint density at radius 1 is 0.800 bits per heavy atom. The van der Waals surface area contributed by atoms with E-state index in [1.54, 1.807) is 0 Å². The summed E-state index contributed by atoms with van der Waals surface area (Å²) in [5, 5.41) is 0. The second-order valence-corrected chi connectivity index (χ2v) is 6.80. The van der Waals surface area contributed by atoms with Crippen molar-refractivity contribution in [1.82, 2.24) is 0 Å². The predicted molar refractivity (Wildman–Crippen MR) is 81.3 cm³/mol. The molecule has 1 aliphatic heterocycles. The number of rotatable bonds is 0. The summed E-state index contributed by atoms with van der Waals surface area (Å²) in [6.07, 6.45) is 3.35. The molecule has 2 aromatic carbocycles. The fourth-order valence-corrected chi connectivity index (χ4v) is 4.94. The van der Waals surface area contributed by atoms with Crippen LogP contribution in [0.2, 0.25) is 0 Å². The van der Waals surface area contributed by atoms with Crippen molar-refractivity contribution < 1.29 is 4.79 Å². The molecule has 1 spiro atoms. The van der Waals surface area contributed by atoms with Gasteiger partial charge < -0.3 is 0 Å². The van der Waals surface area contributed by atoms with E-state index in [1.807, 2.05) is 11.8 Å². The van der Waals surface area contributed by atoms with Gasteiger partial charge in [-0.15, -0.1) is 0 Å². The lowest BCUT2D eigenvalue weighted by Gasteiger charge is -2.42. The first-order valence-electron chi connectivity index (χ1n) is 7.18. The summed E-state index contributed by atoms with van der Waals surface area (Å²) < 4.78 is 0. The molecule has 1 fully saturated rings. The Morgan fingerprint density at radius 2 is 1.30 bits per heavy atom. The molecule has 100 valence electrons. The number of Topliss-reactive ketones (excluding diaryl/α,β-unsaturated/α-hetero) is 1. The Morgan fingerprint density at radius 3 is 1.85 bits per heavy atom. The summed E-state index contributed by atoms with van der Waals surface area (Å²) in [7, 11) is 0. The van der Waals surface area contributed by atoms with Crippen molar-refractivity contribution in [1.29, 1.82) is 0 Å². The van der Waals surface area contributed by atoms with Crippen LogP contribution in [0.3, 0.4) is 0 Å². The van der Waals surface area contributed by atoms with Crippen molar-refractivity contribution in [2.75, 3.05) is 0 Å². The molecule has 2 aromatic rings. The summed E-state index contributed by atoms with van der Waals surface area (Å²) in [4.78, 5) is 14.4. The van der Waals surface area contributed by atoms with Crippen LogP contribution < -0.4 is 0 Å². The maximum Gasteiger partial charge on any atom is 0.133 e. The van der Waals surface area contributed by atoms with Gasteiger partial charge in [0.1, 0.15) is 5.78 Å². The van der Waals surface area contributed by atoms with Gasteiger partial charge in [0, 0.05) is 28.0 Å². The molecule has 1 heterocycles. The van der Waals surface area contributed by atoms with Crippen molar-refractivity contribution in [2.24, 2.45) is 0 Å². The Hall–Kier alpha value is -1.54. The van der Waals surface area contributed by atoms with Crippen molar-refractivity contribution in [3.63, 3.8) is 0 Å². The molecule has 1 nitrogen and oxygen atoms in total. The van der Waals surface area contributed by atoms with Crippen LogP contribution in [0.1, 0.15) is 36.8 Å². The lowest BCUT2D eigenvalue weighted by atomic mass is 9.65. The molecule has 1 aliphatic carbocycles. The quantitative estimate of drug-likeness (QED) is 0.702. The van der Waals surface area contributed by atoms with E-state index in [0.29, 0.717) is 18.6 Å². The van der Waals surface area contributed by atoms with Gasteiger partial charge >= 0.3 is 0 Å². The van der Waals surface area contributed by atoms with Gasteiger partial charge in [-0.25, -0.2) is 0 Å². The van der Waals surface area contributed by atoms with Crippen LogP contribution in [0.4, 0.5) is 0 Å². The zero-order valence-electron chi connectivity index (χ0n) is 11.3. The van der Waals surface area contributed by atoms with E-state index in [4.69, 9.17) is 0 Å². The second kappa shape index (κ2) is 4.49. The highest BCUT2D eigenvalue weighted by molar-refractivity contribution is 7.99. The molecule has 2 heteroatoms. The van der Waals surface area contributed by atoms with Gasteiger partial charge in [-0.2, -0.15) is 0 Å². The van der Waals surface area contributed by atoms with Crippen molar-refractivity contribution in [3.8, 4) is 0 Å². The number of ketones is 1. The number of carbonyl (C=O) groups is 1. The third-order valence-corrected chi connectivity index (χ3v) is 5.84. The minimum absolute atomic E-state index is 0.0619. The summed E-state index contributed by atoms with van der Waals surface area (Å²) in [5.74, 6) is 0.420. The number of fused-ring (bicyclic) bond motifs is 4. The number of benzene rings is 2. The van der Waals surface area contributed by atoms with Gasteiger partial charge in [0.25, 0.3) is 0 Å². The Labute approximate surface area is 123 Å². The highest BCUT2D eigenvalue weighted by atomic mass is 32.2. The molecule has 0 unspecified atom stereocenters. The molecule has 0 amide bonds. The third kappa shape index (κ3) is 1.68. The number of hydrogen-bond acceptors (Lipinski definition) is 2. The van der Waals surface area contributed by atoms with Crippen molar-refractivity contribution >= 4 is 17.5 Å². The fraction of sp³-hybridized carbons (Fsp3) is 0.278. The van der Waals surface area contributed by atoms with Gasteiger partial charge in [0.2, 0.25) is 0 Å². The van der Waals surface area contributed by atoms with Crippen LogP contribution in [-0.4, -0.2) is 5.78 Å². The number of carbonyl (C=O) groups excluding carboxylic acids is 1. The van der Waals surface area contributed by atoms with Gasteiger partial charge in [-0.05, 0) is 36.1 Å². The van der Waals surface area contributed by atoms with E-state index in [-0.39, 0.29) is 5.41 Å². The number of hydrogen-bond donors (Lipinski definition) is 0. The normalized spacial score (nSPS) is 19.5. The topological polar surface area (TPSA) is 17.1 Å². The SMILES string of the molecule is O=C1CCC2(CC1)c1ccccc1Sc1ccccc12. The van der Waals surface area contributed by atoms with Crippen molar-refractivity contribution in [2.45, 2.75) is 40.9 Å². The van der Waals surface area contributed by atoms with E-state index in [1.165, 1.54) is 20.9 Å². The molecule has 1 saturated carbocycles. The summed E-state index contributed by atoms with van der Waals surface area (Å²) in [5.41, 5.74) is 2.92.